The molecular formula is C10H13FN2. The van der Waals surface area contributed by atoms with Crippen LogP contribution in [0.3, 0.4) is 0 Å². The Morgan fingerprint density at radius 1 is 1.62 bits per heavy atom. The lowest BCUT2D eigenvalue weighted by molar-refractivity contribution is 0.409. The average molecular weight is 180 g/mol. The van der Waals surface area contributed by atoms with Crippen LogP contribution in [0.1, 0.15) is 17.9 Å². The van der Waals surface area contributed by atoms with E-state index in [2.05, 4.69) is 16.9 Å². The first-order valence-corrected chi connectivity index (χ1v) is 4.56. The molecule has 0 aromatic carbocycles. The van der Waals surface area contributed by atoms with Crippen molar-refractivity contribution in [1.29, 1.82) is 0 Å². The first-order valence-electron chi connectivity index (χ1n) is 4.56. The molecule has 1 aliphatic heterocycles. The maximum absolute atomic E-state index is 13.2. The third kappa shape index (κ3) is 1.70. The number of hydrogen-bond acceptors (Lipinski definition) is 2. The molecule has 1 fully saturated rings. The predicted octanol–water partition coefficient (Wildman–Crippen LogP) is 1.64. The summed E-state index contributed by atoms with van der Waals surface area (Å²) in [5, 5.41) is 0. The highest BCUT2D eigenvalue weighted by Crippen LogP contribution is 2.26. The van der Waals surface area contributed by atoms with Gasteiger partial charge in [0.15, 0.2) is 0 Å². The van der Waals surface area contributed by atoms with Crippen molar-refractivity contribution in [3.63, 3.8) is 0 Å². The van der Waals surface area contributed by atoms with Crippen molar-refractivity contribution in [2.24, 2.45) is 0 Å². The quantitative estimate of drug-likeness (QED) is 0.611. The molecule has 1 aliphatic rings. The monoisotopic (exact) mass is 180 g/mol. The van der Waals surface area contributed by atoms with Gasteiger partial charge in [0.1, 0.15) is 0 Å². The van der Waals surface area contributed by atoms with Crippen molar-refractivity contribution in [3.05, 3.63) is 29.8 Å². The van der Waals surface area contributed by atoms with Crippen LogP contribution < -0.4 is 0 Å². The molecule has 0 bridgehead atoms. The smallest absolute Gasteiger partial charge is 0.216 e. The van der Waals surface area contributed by atoms with Crippen molar-refractivity contribution in [3.8, 4) is 0 Å². The van der Waals surface area contributed by atoms with Gasteiger partial charge in [-0.1, -0.05) is 6.07 Å². The molecule has 0 spiro atoms. The fourth-order valence-electron chi connectivity index (χ4n) is 1.89. The Morgan fingerprint density at radius 3 is 3.08 bits per heavy atom. The lowest BCUT2D eigenvalue weighted by Gasteiger charge is -2.10. The van der Waals surface area contributed by atoms with E-state index in [9.17, 15) is 4.39 Å². The number of aromatic nitrogens is 1. The van der Waals surface area contributed by atoms with Crippen LogP contribution in [0.2, 0.25) is 0 Å². The molecule has 0 amide bonds. The number of likely N-dealkylation sites (tertiary alicyclic amines) is 1. The Labute approximate surface area is 77.4 Å². The fraction of sp³-hybridized carbons (Fsp3) is 0.500. The second kappa shape index (κ2) is 3.42. The van der Waals surface area contributed by atoms with Gasteiger partial charge in [0, 0.05) is 24.2 Å². The van der Waals surface area contributed by atoms with Gasteiger partial charge in [0.25, 0.3) is 0 Å². The first-order chi connectivity index (χ1) is 6.27. The minimum atomic E-state index is -0.303. The van der Waals surface area contributed by atoms with Gasteiger partial charge < -0.3 is 4.90 Å². The molecule has 0 N–H and O–H groups in total. The molecule has 1 aromatic heterocycles. The summed E-state index contributed by atoms with van der Waals surface area (Å²) < 4.78 is 13.2. The van der Waals surface area contributed by atoms with Crippen LogP contribution in [0.25, 0.3) is 0 Å². The van der Waals surface area contributed by atoms with Crippen LogP contribution in [-0.4, -0.2) is 30.0 Å². The number of hydrogen-bond donors (Lipinski definition) is 0. The van der Waals surface area contributed by atoms with Crippen LogP contribution in [0, 0.1) is 5.95 Å². The Kier molecular flexibility index (Phi) is 2.27. The van der Waals surface area contributed by atoms with Crippen LogP contribution in [0.4, 0.5) is 4.39 Å². The molecule has 2 rings (SSSR count). The minimum Gasteiger partial charge on any atom is -0.306 e. The predicted molar refractivity (Wildman–Crippen MR) is 49.1 cm³/mol. The van der Waals surface area contributed by atoms with E-state index in [1.165, 1.54) is 6.20 Å². The van der Waals surface area contributed by atoms with Gasteiger partial charge in [-0.05, 0) is 26.1 Å². The molecule has 13 heavy (non-hydrogen) atoms. The molecule has 1 aromatic rings. The largest absolute Gasteiger partial charge is 0.306 e. The van der Waals surface area contributed by atoms with E-state index < -0.39 is 0 Å². The molecule has 2 nitrogen and oxygen atoms in total. The maximum atomic E-state index is 13.2. The number of likely N-dealkylation sites (N-methyl/N-ethyl adjacent to an activating group) is 1. The Hall–Kier alpha value is -0.960. The second-order valence-corrected chi connectivity index (χ2v) is 3.63. The Morgan fingerprint density at radius 2 is 2.46 bits per heavy atom. The zero-order chi connectivity index (χ0) is 9.26. The minimum absolute atomic E-state index is 0.303. The molecule has 0 radical (unpaired) electrons. The van der Waals surface area contributed by atoms with E-state index in [-0.39, 0.29) is 5.95 Å². The van der Waals surface area contributed by atoms with Gasteiger partial charge >= 0.3 is 0 Å². The zero-order valence-corrected chi connectivity index (χ0v) is 7.70. The topological polar surface area (TPSA) is 16.1 Å². The van der Waals surface area contributed by atoms with Gasteiger partial charge in [-0.2, -0.15) is 4.39 Å². The van der Waals surface area contributed by atoms with Gasteiger partial charge in [0.2, 0.25) is 5.95 Å². The van der Waals surface area contributed by atoms with Crippen LogP contribution >= 0.6 is 0 Å². The maximum Gasteiger partial charge on any atom is 0.216 e. The van der Waals surface area contributed by atoms with Crippen LogP contribution in [0.5, 0.6) is 0 Å². The lowest BCUT2D eigenvalue weighted by Crippen LogP contribution is -2.13. The van der Waals surface area contributed by atoms with E-state index >= 15 is 0 Å². The summed E-state index contributed by atoms with van der Waals surface area (Å²) in [5.41, 5.74) is 0.770. The zero-order valence-electron chi connectivity index (χ0n) is 7.70. The Balaban J connectivity index is 2.21. The Bertz CT molecular complexity index is 301. The standard InChI is InChI=1S/C10H13FN2/c1-13-6-4-8(7-13)9-3-2-5-12-10(9)11/h2-3,5,8H,4,6-7H2,1H3. The SMILES string of the molecule is CN1CCC(c2cccnc2F)C1. The first kappa shape index (κ1) is 8.63. The van der Waals surface area contributed by atoms with Gasteiger partial charge in [-0.3, -0.25) is 0 Å². The van der Waals surface area contributed by atoms with Crippen LogP contribution in [-0.2, 0) is 0 Å². The van der Waals surface area contributed by atoms with Crippen molar-refractivity contribution in [2.45, 2.75) is 12.3 Å². The molecule has 0 saturated carbocycles. The van der Waals surface area contributed by atoms with E-state index in [1.54, 1.807) is 6.07 Å². The van der Waals surface area contributed by atoms with Crippen molar-refractivity contribution in [1.82, 2.24) is 9.88 Å². The van der Waals surface area contributed by atoms with Crippen LogP contribution in [0.15, 0.2) is 18.3 Å². The average Bonchev–Trinajstić information content (AvgIpc) is 2.53. The van der Waals surface area contributed by atoms with Crippen molar-refractivity contribution < 1.29 is 4.39 Å². The lowest BCUT2D eigenvalue weighted by atomic mass is 10.0. The molecule has 3 heteroatoms. The highest BCUT2D eigenvalue weighted by atomic mass is 19.1. The molecule has 0 aliphatic carbocycles. The number of halogens is 1. The number of rotatable bonds is 1. The molecule has 70 valence electrons. The summed E-state index contributed by atoms with van der Waals surface area (Å²) in [7, 11) is 2.06. The molecule has 2 heterocycles. The fourth-order valence-corrected chi connectivity index (χ4v) is 1.89. The summed E-state index contributed by atoms with van der Waals surface area (Å²) in [6.45, 7) is 2.00. The third-order valence-electron chi connectivity index (χ3n) is 2.62. The van der Waals surface area contributed by atoms with Gasteiger partial charge in [-0.15, -0.1) is 0 Å². The molecule has 1 unspecified atom stereocenters. The highest BCUT2D eigenvalue weighted by Gasteiger charge is 2.23. The second-order valence-electron chi connectivity index (χ2n) is 3.63. The summed E-state index contributed by atoms with van der Waals surface area (Å²) in [6.07, 6.45) is 2.54. The summed E-state index contributed by atoms with van der Waals surface area (Å²) in [5.74, 6) is 0.0292. The van der Waals surface area contributed by atoms with Gasteiger partial charge in [0.05, 0.1) is 0 Å². The molecular weight excluding hydrogens is 167 g/mol. The van der Waals surface area contributed by atoms with Crippen molar-refractivity contribution >= 4 is 0 Å². The summed E-state index contributed by atoms with van der Waals surface area (Å²) in [6, 6.07) is 3.64. The van der Waals surface area contributed by atoms with Crippen molar-refractivity contribution in [2.75, 3.05) is 20.1 Å². The van der Waals surface area contributed by atoms with E-state index in [4.69, 9.17) is 0 Å². The normalized spacial score (nSPS) is 23.7. The third-order valence-corrected chi connectivity index (χ3v) is 2.62. The highest BCUT2D eigenvalue weighted by molar-refractivity contribution is 5.18. The van der Waals surface area contributed by atoms with E-state index in [0.717, 1.165) is 25.1 Å². The van der Waals surface area contributed by atoms with E-state index in [0.29, 0.717) is 5.92 Å². The van der Waals surface area contributed by atoms with E-state index in [1.807, 2.05) is 6.07 Å². The molecule has 1 saturated heterocycles. The number of pyridine rings is 1. The summed E-state index contributed by atoms with van der Waals surface area (Å²) in [4.78, 5) is 5.88. The summed E-state index contributed by atoms with van der Waals surface area (Å²) >= 11 is 0. The number of nitrogens with zero attached hydrogens (tertiary/aromatic N) is 2. The van der Waals surface area contributed by atoms with Gasteiger partial charge in [-0.25, -0.2) is 4.98 Å². The molecule has 1 atom stereocenters.